The first-order valence-electron chi connectivity index (χ1n) is 5.87. The highest BCUT2D eigenvalue weighted by atomic mass is 16.5. The van der Waals surface area contributed by atoms with Crippen molar-refractivity contribution in [2.75, 3.05) is 14.2 Å². The van der Waals surface area contributed by atoms with Gasteiger partial charge < -0.3 is 14.9 Å². The first kappa shape index (κ1) is 15.0. The van der Waals surface area contributed by atoms with Crippen molar-refractivity contribution < 1.29 is 19.7 Å². The van der Waals surface area contributed by atoms with Crippen LogP contribution in [0.4, 0.5) is 0 Å². The molecule has 1 unspecified atom stereocenters. The minimum Gasteiger partial charge on any atom is -0.497 e. The van der Waals surface area contributed by atoms with Crippen molar-refractivity contribution in [2.45, 2.75) is 12.8 Å². The average molecular weight is 262 g/mol. The van der Waals surface area contributed by atoms with Gasteiger partial charge in [0.15, 0.2) is 0 Å². The smallest absolute Gasteiger partial charge is 0.310 e. The molecule has 0 saturated heterocycles. The zero-order valence-corrected chi connectivity index (χ0v) is 11.3. The molecule has 0 radical (unpaired) electrons. The third kappa shape index (κ3) is 3.45. The van der Waals surface area contributed by atoms with Gasteiger partial charge in [-0.2, -0.15) is 0 Å². The molecule has 0 heterocycles. The van der Waals surface area contributed by atoms with Crippen molar-refractivity contribution in [1.82, 2.24) is 0 Å². The van der Waals surface area contributed by atoms with Gasteiger partial charge in [-0.1, -0.05) is 24.3 Å². The Morgan fingerprint density at radius 2 is 1.68 bits per heavy atom. The Morgan fingerprint density at radius 3 is 2.26 bits per heavy atom. The molecule has 2 aromatic rings. The Hall–Kier alpha value is -2.07. The summed E-state index contributed by atoms with van der Waals surface area (Å²) in [5.74, 6) is -0.490. The SMILES string of the molecule is CO.COc1ccc2cc(C(C)C(=O)O)ccc2c1. The number of fused-ring (bicyclic) bond motifs is 1. The zero-order valence-electron chi connectivity index (χ0n) is 11.3. The summed E-state index contributed by atoms with van der Waals surface area (Å²) >= 11 is 0. The summed E-state index contributed by atoms with van der Waals surface area (Å²) in [5.41, 5.74) is 0.815. The highest BCUT2D eigenvalue weighted by Crippen LogP contribution is 2.25. The minimum absolute atomic E-state index is 0.485. The maximum atomic E-state index is 10.9. The molecular weight excluding hydrogens is 244 g/mol. The van der Waals surface area contributed by atoms with E-state index in [1.54, 1.807) is 14.0 Å². The van der Waals surface area contributed by atoms with Crippen molar-refractivity contribution in [3.63, 3.8) is 0 Å². The van der Waals surface area contributed by atoms with Gasteiger partial charge in [0.2, 0.25) is 0 Å². The van der Waals surface area contributed by atoms with E-state index in [9.17, 15) is 4.79 Å². The van der Waals surface area contributed by atoms with E-state index in [-0.39, 0.29) is 0 Å². The average Bonchev–Trinajstić information content (AvgIpc) is 2.47. The lowest BCUT2D eigenvalue weighted by molar-refractivity contribution is -0.138. The molecule has 0 bridgehead atoms. The maximum absolute atomic E-state index is 10.9. The second-order valence-corrected chi connectivity index (χ2v) is 4.03. The van der Waals surface area contributed by atoms with Crippen molar-refractivity contribution >= 4 is 16.7 Å². The number of hydrogen-bond acceptors (Lipinski definition) is 3. The number of rotatable bonds is 3. The summed E-state index contributed by atoms with van der Waals surface area (Å²) in [4.78, 5) is 10.9. The Balaban J connectivity index is 0.000000861. The first-order valence-corrected chi connectivity index (χ1v) is 5.87. The Kier molecular flexibility index (Phi) is 5.33. The van der Waals surface area contributed by atoms with Crippen LogP contribution in [-0.2, 0) is 4.79 Å². The lowest BCUT2D eigenvalue weighted by atomic mass is 9.98. The van der Waals surface area contributed by atoms with Crippen molar-refractivity contribution in [1.29, 1.82) is 0 Å². The number of carboxylic acids is 1. The van der Waals surface area contributed by atoms with Crippen LogP contribution >= 0.6 is 0 Å². The third-order valence-electron chi connectivity index (χ3n) is 2.94. The van der Waals surface area contributed by atoms with Crippen LogP contribution in [0.25, 0.3) is 10.8 Å². The minimum atomic E-state index is -0.808. The molecule has 2 N–H and O–H groups in total. The van der Waals surface area contributed by atoms with Crippen molar-refractivity contribution in [3.8, 4) is 5.75 Å². The van der Waals surface area contributed by atoms with Gasteiger partial charge >= 0.3 is 5.97 Å². The number of methoxy groups -OCH3 is 1. The molecule has 0 amide bonds. The fourth-order valence-corrected chi connectivity index (χ4v) is 1.78. The number of ether oxygens (including phenoxy) is 1. The predicted molar refractivity (Wildman–Crippen MR) is 74.7 cm³/mol. The molecule has 0 aliphatic rings. The quantitative estimate of drug-likeness (QED) is 0.892. The number of carbonyl (C=O) groups is 1. The Morgan fingerprint density at radius 1 is 1.11 bits per heavy atom. The van der Waals surface area contributed by atoms with E-state index >= 15 is 0 Å². The molecule has 102 valence electrons. The number of aliphatic carboxylic acids is 1. The van der Waals surface area contributed by atoms with Crippen LogP contribution in [0.1, 0.15) is 18.4 Å². The van der Waals surface area contributed by atoms with Gasteiger partial charge in [-0.3, -0.25) is 4.79 Å². The van der Waals surface area contributed by atoms with Gasteiger partial charge in [-0.25, -0.2) is 0 Å². The molecule has 2 rings (SSSR count). The lowest BCUT2D eigenvalue weighted by Gasteiger charge is -2.08. The van der Waals surface area contributed by atoms with Gasteiger partial charge in [0.25, 0.3) is 0 Å². The standard InChI is InChI=1S/C14H14O3.CH4O/c1-9(14(15)16)10-3-4-12-8-13(17-2)6-5-11(12)7-10;1-2/h3-9H,1-2H3,(H,15,16);2H,1H3. The van der Waals surface area contributed by atoms with E-state index in [0.717, 1.165) is 29.2 Å². The van der Waals surface area contributed by atoms with Crippen LogP contribution in [0.2, 0.25) is 0 Å². The number of aliphatic hydroxyl groups is 1. The Bertz CT molecular complexity index is 563. The van der Waals surface area contributed by atoms with Crippen molar-refractivity contribution in [3.05, 3.63) is 42.0 Å². The number of aliphatic hydroxyl groups excluding tert-OH is 1. The summed E-state index contributed by atoms with van der Waals surface area (Å²) in [7, 11) is 2.63. The number of benzene rings is 2. The van der Waals surface area contributed by atoms with Crippen LogP contribution < -0.4 is 4.74 Å². The van der Waals surface area contributed by atoms with E-state index < -0.39 is 11.9 Å². The summed E-state index contributed by atoms with van der Waals surface area (Å²) in [5, 5.41) is 18.0. The fourth-order valence-electron chi connectivity index (χ4n) is 1.78. The van der Waals surface area contributed by atoms with Crippen LogP contribution in [0.5, 0.6) is 5.75 Å². The van der Waals surface area contributed by atoms with Gasteiger partial charge in [0, 0.05) is 7.11 Å². The number of hydrogen-bond donors (Lipinski definition) is 2. The summed E-state index contributed by atoms with van der Waals surface area (Å²) < 4.78 is 5.14. The molecular formula is C15H18O4. The van der Waals surface area contributed by atoms with E-state index in [0.29, 0.717) is 0 Å². The van der Waals surface area contributed by atoms with E-state index in [1.807, 2.05) is 36.4 Å². The topological polar surface area (TPSA) is 66.8 Å². The molecule has 0 fully saturated rings. The first-order chi connectivity index (χ1) is 9.11. The molecule has 19 heavy (non-hydrogen) atoms. The summed E-state index contributed by atoms with van der Waals surface area (Å²) in [6.45, 7) is 1.69. The highest BCUT2D eigenvalue weighted by molar-refractivity contribution is 5.86. The van der Waals surface area contributed by atoms with E-state index in [4.69, 9.17) is 14.9 Å². The van der Waals surface area contributed by atoms with Crippen molar-refractivity contribution in [2.24, 2.45) is 0 Å². The van der Waals surface area contributed by atoms with E-state index in [2.05, 4.69) is 0 Å². The second kappa shape index (κ2) is 6.75. The Labute approximate surface area is 112 Å². The molecule has 0 aliphatic carbocycles. The second-order valence-electron chi connectivity index (χ2n) is 4.03. The molecule has 0 spiro atoms. The molecule has 4 heteroatoms. The molecule has 0 aliphatic heterocycles. The maximum Gasteiger partial charge on any atom is 0.310 e. The van der Waals surface area contributed by atoms with Crippen LogP contribution in [0.15, 0.2) is 36.4 Å². The van der Waals surface area contributed by atoms with Crippen LogP contribution in [0.3, 0.4) is 0 Å². The lowest BCUT2D eigenvalue weighted by Crippen LogP contribution is -2.06. The molecule has 0 aromatic heterocycles. The summed E-state index contributed by atoms with van der Waals surface area (Å²) in [6, 6.07) is 11.4. The molecule has 1 atom stereocenters. The van der Waals surface area contributed by atoms with Crippen LogP contribution in [0, 0.1) is 0 Å². The molecule has 4 nitrogen and oxygen atoms in total. The van der Waals surface area contributed by atoms with E-state index in [1.165, 1.54) is 0 Å². The zero-order chi connectivity index (χ0) is 14.4. The molecule has 0 saturated carbocycles. The summed E-state index contributed by atoms with van der Waals surface area (Å²) in [6.07, 6.45) is 0. The normalized spacial score (nSPS) is 11.4. The van der Waals surface area contributed by atoms with Gasteiger partial charge in [0.1, 0.15) is 5.75 Å². The molecule has 2 aromatic carbocycles. The predicted octanol–water partition coefficient (Wildman–Crippen LogP) is 2.65. The van der Waals surface area contributed by atoms with Gasteiger partial charge in [0.05, 0.1) is 13.0 Å². The number of carboxylic acid groups (broad SMARTS) is 1. The van der Waals surface area contributed by atoms with Gasteiger partial charge in [-0.05, 0) is 35.4 Å². The largest absolute Gasteiger partial charge is 0.497 e. The monoisotopic (exact) mass is 262 g/mol. The third-order valence-corrected chi connectivity index (χ3v) is 2.94. The van der Waals surface area contributed by atoms with Crippen LogP contribution in [-0.4, -0.2) is 30.4 Å². The highest BCUT2D eigenvalue weighted by Gasteiger charge is 2.13. The fraction of sp³-hybridized carbons (Fsp3) is 0.267. The van der Waals surface area contributed by atoms with Gasteiger partial charge in [-0.15, -0.1) is 0 Å².